The van der Waals surface area contributed by atoms with E-state index < -0.39 is 0 Å². The number of benzene rings is 1. The summed E-state index contributed by atoms with van der Waals surface area (Å²) in [7, 11) is 1.96. The molecule has 1 aromatic heterocycles. The molecule has 0 radical (unpaired) electrons. The predicted octanol–water partition coefficient (Wildman–Crippen LogP) is 2.39. The van der Waals surface area contributed by atoms with E-state index in [2.05, 4.69) is 34.5 Å². The first-order chi connectivity index (χ1) is 10.3. The highest BCUT2D eigenvalue weighted by molar-refractivity contribution is 5.54. The fourth-order valence-corrected chi connectivity index (χ4v) is 2.72. The normalized spacial score (nSPS) is 22.4. The van der Waals surface area contributed by atoms with Gasteiger partial charge in [-0.3, -0.25) is 0 Å². The minimum Gasteiger partial charge on any atom is -0.381 e. The highest BCUT2D eigenvalue weighted by Crippen LogP contribution is 2.26. The molecule has 1 N–H and O–H groups in total. The zero-order chi connectivity index (χ0) is 14.7. The van der Waals surface area contributed by atoms with Gasteiger partial charge in [0, 0.05) is 18.2 Å². The number of aryl methyl sites for hydroxylation is 1. The van der Waals surface area contributed by atoms with Crippen LogP contribution in [0.25, 0.3) is 11.4 Å². The van der Waals surface area contributed by atoms with Crippen molar-refractivity contribution in [1.82, 2.24) is 15.5 Å². The van der Waals surface area contributed by atoms with E-state index in [0.717, 1.165) is 25.0 Å². The van der Waals surface area contributed by atoms with Crippen molar-refractivity contribution >= 4 is 0 Å². The molecule has 0 amide bonds. The fraction of sp³-hybridized carbons (Fsp3) is 0.500. The van der Waals surface area contributed by atoms with Crippen LogP contribution in [-0.2, 0) is 11.2 Å². The molecule has 2 unspecified atom stereocenters. The molecule has 0 bridgehead atoms. The second-order valence-electron chi connectivity index (χ2n) is 5.37. The summed E-state index contributed by atoms with van der Waals surface area (Å²) >= 11 is 0. The summed E-state index contributed by atoms with van der Waals surface area (Å²) < 4.78 is 11.0. The Bertz CT molecular complexity index is 579. The Morgan fingerprint density at radius 1 is 1.29 bits per heavy atom. The van der Waals surface area contributed by atoms with E-state index in [1.165, 1.54) is 5.56 Å². The second-order valence-corrected chi connectivity index (χ2v) is 5.37. The summed E-state index contributed by atoms with van der Waals surface area (Å²) in [5, 5.41) is 7.43. The first-order valence-corrected chi connectivity index (χ1v) is 7.49. The number of rotatable bonds is 4. The van der Waals surface area contributed by atoms with Gasteiger partial charge in [0.2, 0.25) is 11.7 Å². The van der Waals surface area contributed by atoms with Gasteiger partial charge in [-0.05, 0) is 25.5 Å². The maximum atomic E-state index is 5.55. The number of hydrogen-bond acceptors (Lipinski definition) is 5. The third kappa shape index (κ3) is 2.99. The van der Waals surface area contributed by atoms with Gasteiger partial charge in [-0.2, -0.15) is 4.98 Å². The summed E-state index contributed by atoms with van der Waals surface area (Å²) in [5.41, 5.74) is 2.29. The molecule has 0 aliphatic carbocycles. The minimum absolute atomic E-state index is 0.125. The van der Waals surface area contributed by atoms with Gasteiger partial charge in [0.1, 0.15) is 0 Å². The van der Waals surface area contributed by atoms with Crippen molar-refractivity contribution in [2.75, 3.05) is 20.3 Å². The second kappa shape index (κ2) is 6.37. The number of nitrogens with one attached hydrogen (secondary N) is 1. The monoisotopic (exact) mass is 287 g/mol. The van der Waals surface area contributed by atoms with Crippen molar-refractivity contribution in [1.29, 1.82) is 0 Å². The highest BCUT2D eigenvalue weighted by atomic mass is 16.5. The molecule has 5 nitrogen and oxygen atoms in total. The van der Waals surface area contributed by atoms with Crippen molar-refractivity contribution < 1.29 is 9.26 Å². The molecule has 5 heteroatoms. The molecular weight excluding hydrogens is 266 g/mol. The van der Waals surface area contributed by atoms with E-state index >= 15 is 0 Å². The Morgan fingerprint density at radius 3 is 2.81 bits per heavy atom. The summed E-state index contributed by atoms with van der Waals surface area (Å²) in [6.07, 6.45) is 1.99. The summed E-state index contributed by atoms with van der Waals surface area (Å²) in [6.45, 7) is 3.55. The maximum absolute atomic E-state index is 5.55. The number of ether oxygens (including phenoxy) is 1. The van der Waals surface area contributed by atoms with Gasteiger partial charge >= 0.3 is 0 Å². The SMILES string of the molecule is CCc1ccc(-c2noc(C3COCCC3NC)n2)cc1. The molecule has 0 saturated carbocycles. The summed E-state index contributed by atoms with van der Waals surface area (Å²) in [5.74, 6) is 1.43. The molecule has 2 aromatic rings. The lowest BCUT2D eigenvalue weighted by Crippen LogP contribution is -2.39. The van der Waals surface area contributed by atoms with Crippen molar-refractivity contribution in [3.63, 3.8) is 0 Å². The van der Waals surface area contributed by atoms with Crippen molar-refractivity contribution in [2.45, 2.75) is 31.7 Å². The lowest BCUT2D eigenvalue weighted by molar-refractivity contribution is 0.0516. The van der Waals surface area contributed by atoms with Crippen LogP contribution < -0.4 is 5.32 Å². The van der Waals surface area contributed by atoms with Crippen molar-refractivity contribution in [3.8, 4) is 11.4 Å². The third-order valence-electron chi connectivity index (χ3n) is 4.11. The number of hydrogen-bond donors (Lipinski definition) is 1. The van der Waals surface area contributed by atoms with Gasteiger partial charge in [0.15, 0.2) is 0 Å². The maximum Gasteiger partial charge on any atom is 0.233 e. The molecule has 1 saturated heterocycles. The standard InChI is InChI=1S/C16H21N3O2/c1-3-11-4-6-12(7-5-11)15-18-16(21-19-15)13-10-20-9-8-14(13)17-2/h4-7,13-14,17H,3,8-10H2,1-2H3. The predicted molar refractivity (Wildman–Crippen MR) is 80.1 cm³/mol. The molecule has 1 aliphatic heterocycles. The van der Waals surface area contributed by atoms with E-state index in [1.54, 1.807) is 0 Å². The van der Waals surface area contributed by atoms with Crippen LogP contribution in [-0.4, -0.2) is 36.4 Å². The van der Waals surface area contributed by atoms with Crippen LogP contribution in [0.15, 0.2) is 28.8 Å². The van der Waals surface area contributed by atoms with Gasteiger partial charge < -0.3 is 14.6 Å². The fourth-order valence-electron chi connectivity index (χ4n) is 2.72. The molecule has 2 atom stereocenters. The van der Waals surface area contributed by atoms with Crippen molar-refractivity contribution in [2.24, 2.45) is 0 Å². The molecular formula is C16H21N3O2. The number of nitrogens with zero attached hydrogens (tertiary/aromatic N) is 2. The van der Waals surface area contributed by atoms with E-state index in [9.17, 15) is 0 Å². The zero-order valence-corrected chi connectivity index (χ0v) is 12.5. The molecule has 112 valence electrons. The lowest BCUT2D eigenvalue weighted by Gasteiger charge is -2.28. The minimum atomic E-state index is 0.125. The van der Waals surface area contributed by atoms with E-state index in [-0.39, 0.29) is 5.92 Å². The van der Waals surface area contributed by atoms with Crippen LogP contribution in [0.5, 0.6) is 0 Å². The van der Waals surface area contributed by atoms with Gasteiger partial charge in [0.25, 0.3) is 0 Å². The third-order valence-corrected chi connectivity index (χ3v) is 4.11. The lowest BCUT2D eigenvalue weighted by atomic mass is 9.96. The Morgan fingerprint density at radius 2 is 2.10 bits per heavy atom. The van der Waals surface area contributed by atoms with Gasteiger partial charge in [-0.25, -0.2) is 0 Å². The van der Waals surface area contributed by atoms with Crippen LogP contribution in [0.2, 0.25) is 0 Å². The average Bonchev–Trinajstić information content (AvgIpc) is 3.04. The molecule has 1 aliphatic rings. The Kier molecular flexibility index (Phi) is 4.31. The first-order valence-electron chi connectivity index (χ1n) is 7.49. The van der Waals surface area contributed by atoms with Gasteiger partial charge in [0.05, 0.1) is 12.5 Å². The van der Waals surface area contributed by atoms with Crippen LogP contribution in [0.4, 0.5) is 0 Å². The van der Waals surface area contributed by atoms with E-state index in [4.69, 9.17) is 9.26 Å². The number of aromatic nitrogens is 2. The molecule has 21 heavy (non-hydrogen) atoms. The molecule has 1 aromatic carbocycles. The van der Waals surface area contributed by atoms with Crippen LogP contribution >= 0.6 is 0 Å². The van der Waals surface area contributed by atoms with Gasteiger partial charge in [-0.15, -0.1) is 0 Å². The van der Waals surface area contributed by atoms with E-state index in [1.807, 2.05) is 19.2 Å². The molecule has 0 spiro atoms. The Labute approximate surface area is 124 Å². The first kappa shape index (κ1) is 14.2. The largest absolute Gasteiger partial charge is 0.381 e. The molecule has 1 fully saturated rings. The van der Waals surface area contributed by atoms with Crippen LogP contribution in [0.3, 0.4) is 0 Å². The summed E-state index contributed by atoms with van der Waals surface area (Å²) in [4.78, 5) is 4.56. The molecule has 2 heterocycles. The Balaban J connectivity index is 1.81. The van der Waals surface area contributed by atoms with Crippen LogP contribution in [0, 0.1) is 0 Å². The van der Waals surface area contributed by atoms with Crippen LogP contribution in [0.1, 0.15) is 30.7 Å². The average molecular weight is 287 g/mol. The quantitative estimate of drug-likeness (QED) is 0.935. The molecule has 3 rings (SSSR count). The Hall–Kier alpha value is -1.72. The number of likely N-dealkylation sites (N-methyl/N-ethyl adjacent to an activating group) is 1. The van der Waals surface area contributed by atoms with Gasteiger partial charge in [-0.1, -0.05) is 36.3 Å². The highest BCUT2D eigenvalue weighted by Gasteiger charge is 2.30. The summed E-state index contributed by atoms with van der Waals surface area (Å²) in [6, 6.07) is 8.62. The smallest absolute Gasteiger partial charge is 0.233 e. The topological polar surface area (TPSA) is 60.2 Å². The zero-order valence-electron chi connectivity index (χ0n) is 12.5. The van der Waals surface area contributed by atoms with E-state index in [0.29, 0.717) is 24.4 Å². The van der Waals surface area contributed by atoms with Crippen molar-refractivity contribution in [3.05, 3.63) is 35.7 Å².